The lowest BCUT2D eigenvalue weighted by molar-refractivity contribution is 0.0915. The van der Waals surface area contributed by atoms with E-state index in [9.17, 15) is 4.79 Å². The molecular weight excluding hydrogens is 250 g/mol. The van der Waals surface area contributed by atoms with Crippen LogP contribution in [0.15, 0.2) is 24.3 Å². The van der Waals surface area contributed by atoms with Crippen molar-refractivity contribution in [1.82, 2.24) is 5.32 Å². The first kappa shape index (κ1) is 14.5. The molecule has 1 aromatic rings. The number of benzene rings is 1. The van der Waals surface area contributed by atoms with E-state index in [4.69, 9.17) is 11.0 Å². The van der Waals surface area contributed by atoms with Gasteiger partial charge in [0.2, 0.25) is 0 Å². The quantitative estimate of drug-likeness (QED) is 0.881. The third kappa shape index (κ3) is 3.58. The maximum atomic E-state index is 12.2. The highest BCUT2D eigenvalue weighted by Gasteiger charge is 2.24. The minimum atomic E-state index is -0.101. The first-order chi connectivity index (χ1) is 9.74. The fourth-order valence-corrected chi connectivity index (χ4v) is 2.85. The van der Waals surface area contributed by atoms with Crippen LogP contribution in [0.3, 0.4) is 0 Å². The topological polar surface area (TPSA) is 78.9 Å². The largest absolute Gasteiger partial charge is 0.348 e. The van der Waals surface area contributed by atoms with Gasteiger partial charge in [0.15, 0.2) is 0 Å². The molecule has 0 saturated heterocycles. The first-order valence-electron chi connectivity index (χ1n) is 7.25. The standard InChI is InChI=1S/C16H21N3O/c17-10-12-6-8-14(9-7-12)16(20)19-15(11-18)13-4-2-1-3-5-13/h6-9,13,15H,1-5,11,18H2,(H,19,20). The Balaban J connectivity index is 1.99. The molecule has 4 heteroatoms. The predicted molar refractivity (Wildman–Crippen MR) is 78.0 cm³/mol. The van der Waals surface area contributed by atoms with Gasteiger partial charge in [-0.15, -0.1) is 0 Å². The van der Waals surface area contributed by atoms with Crippen molar-refractivity contribution in [1.29, 1.82) is 5.26 Å². The molecule has 1 atom stereocenters. The van der Waals surface area contributed by atoms with E-state index < -0.39 is 0 Å². The number of nitrogens with one attached hydrogen (secondary N) is 1. The maximum Gasteiger partial charge on any atom is 0.251 e. The average Bonchev–Trinajstić information content (AvgIpc) is 2.53. The predicted octanol–water partition coefficient (Wildman–Crippen LogP) is 2.20. The summed E-state index contributed by atoms with van der Waals surface area (Å²) in [7, 11) is 0. The molecular formula is C16H21N3O. The highest BCUT2D eigenvalue weighted by atomic mass is 16.1. The Kier molecular flexibility index (Phi) is 5.14. The zero-order valence-electron chi connectivity index (χ0n) is 11.6. The van der Waals surface area contributed by atoms with Crippen molar-refractivity contribution >= 4 is 5.91 Å². The Bertz CT molecular complexity index is 483. The lowest BCUT2D eigenvalue weighted by Crippen LogP contribution is -2.45. The summed E-state index contributed by atoms with van der Waals surface area (Å²) >= 11 is 0. The molecule has 0 bridgehead atoms. The molecule has 1 fully saturated rings. The van der Waals surface area contributed by atoms with Gasteiger partial charge in [-0.05, 0) is 43.0 Å². The van der Waals surface area contributed by atoms with Gasteiger partial charge in [-0.3, -0.25) is 4.79 Å². The molecule has 1 aliphatic carbocycles. The molecule has 1 aliphatic rings. The number of hydrogen-bond acceptors (Lipinski definition) is 3. The number of carbonyl (C=O) groups is 1. The van der Waals surface area contributed by atoms with E-state index in [0.29, 0.717) is 23.6 Å². The molecule has 0 spiro atoms. The summed E-state index contributed by atoms with van der Waals surface area (Å²) in [5.74, 6) is 0.395. The van der Waals surface area contributed by atoms with Crippen LogP contribution in [-0.2, 0) is 0 Å². The molecule has 106 valence electrons. The highest BCUT2D eigenvalue weighted by Crippen LogP contribution is 2.26. The van der Waals surface area contributed by atoms with Crippen LogP contribution >= 0.6 is 0 Å². The van der Waals surface area contributed by atoms with Crippen molar-refractivity contribution < 1.29 is 4.79 Å². The molecule has 3 N–H and O–H groups in total. The summed E-state index contributed by atoms with van der Waals surface area (Å²) in [6, 6.07) is 8.78. The zero-order chi connectivity index (χ0) is 14.4. The van der Waals surface area contributed by atoms with Crippen LogP contribution in [0.1, 0.15) is 48.0 Å². The Morgan fingerprint density at radius 2 is 1.95 bits per heavy atom. The maximum absolute atomic E-state index is 12.2. The molecule has 1 unspecified atom stereocenters. The van der Waals surface area contributed by atoms with Crippen LogP contribution in [0.2, 0.25) is 0 Å². The summed E-state index contributed by atoms with van der Waals surface area (Å²) in [6.45, 7) is 0.479. The molecule has 4 nitrogen and oxygen atoms in total. The SMILES string of the molecule is N#Cc1ccc(C(=O)NC(CN)C2CCCCC2)cc1. The minimum Gasteiger partial charge on any atom is -0.348 e. The van der Waals surface area contributed by atoms with E-state index in [1.54, 1.807) is 24.3 Å². The fourth-order valence-electron chi connectivity index (χ4n) is 2.85. The Morgan fingerprint density at radius 1 is 1.30 bits per heavy atom. The van der Waals surface area contributed by atoms with Gasteiger partial charge in [0.1, 0.15) is 0 Å². The lowest BCUT2D eigenvalue weighted by Gasteiger charge is -2.30. The Labute approximate surface area is 120 Å². The molecule has 1 saturated carbocycles. The number of rotatable bonds is 4. The molecule has 0 radical (unpaired) electrons. The summed E-state index contributed by atoms with van der Waals surface area (Å²) in [4.78, 5) is 12.2. The van der Waals surface area contributed by atoms with E-state index in [1.807, 2.05) is 6.07 Å². The molecule has 0 aromatic heterocycles. The van der Waals surface area contributed by atoms with Gasteiger partial charge < -0.3 is 11.1 Å². The summed E-state index contributed by atoms with van der Waals surface area (Å²) in [6.07, 6.45) is 6.05. The number of carbonyl (C=O) groups excluding carboxylic acids is 1. The van der Waals surface area contributed by atoms with Gasteiger partial charge in [0.05, 0.1) is 11.6 Å². The molecule has 1 aromatic carbocycles. The first-order valence-corrected chi connectivity index (χ1v) is 7.25. The third-order valence-electron chi connectivity index (χ3n) is 4.07. The van der Waals surface area contributed by atoms with Crippen molar-refractivity contribution in [2.75, 3.05) is 6.54 Å². The molecule has 1 amide bonds. The van der Waals surface area contributed by atoms with E-state index in [1.165, 1.54) is 19.3 Å². The normalized spacial score (nSPS) is 17.2. The Hall–Kier alpha value is -1.86. The van der Waals surface area contributed by atoms with Gasteiger partial charge in [0.25, 0.3) is 5.91 Å². The highest BCUT2D eigenvalue weighted by molar-refractivity contribution is 5.94. The lowest BCUT2D eigenvalue weighted by atomic mass is 9.84. The number of nitriles is 1. The van der Waals surface area contributed by atoms with Crippen molar-refractivity contribution in [3.63, 3.8) is 0 Å². The van der Waals surface area contributed by atoms with Gasteiger partial charge in [-0.25, -0.2) is 0 Å². The van der Waals surface area contributed by atoms with Crippen molar-refractivity contribution in [2.45, 2.75) is 38.1 Å². The second-order valence-corrected chi connectivity index (χ2v) is 5.40. The second-order valence-electron chi connectivity index (χ2n) is 5.40. The van der Waals surface area contributed by atoms with E-state index >= 15 is 0 Å². The average molecular weight is 271 g/mol. The second kappa shape index (κ2) is 7.06. The smallest absolute Gasteiger partial charge is 0.251 e. The summed E-state index contributed by atoms with van der Waals surface area (Å²) < 4.78 is 0. The monoisotopic (exact) mass is 271 g/mol. The minimum absolute atomic E-state index is 0.0541. The number of amides is 1. The van der Waals surface area contributed by atoms with Crippen LogP contribution in [0, 0.1) is 17.2 Å². The van der Waals surface area contributed by atoms with Crippen LogP contribution in [0.5, 0.6) is 0 Å². The molecule has 0 aliphatic heterocycles. The van der Waals surface area contributed by atoms with Crippen LogP contribution in [-0.4, -0.2) is 18.5 Å². The third-order valence-corrected chi connectivity index (χ3v) is 4.07. The number of hydrogen-bond donors (Lipinski definition) is 2. The van der Waals surface area contributed by atoms with Gasteiger partial charge >= 0.3 is 0 Å². The van der Waals surface area contributed by atoms with Crippen molar-refractivity contribution in [2.24, 2.45) is 11.7 Å². The van der Waals surface area contributed by atoms with Gasteiger partial charge in [-0.1, -0.05) is 19.3 Å². The number of nitrogens with zero attached hydrogens (tertiary/aromatic N) is 1. The van der Waals surface area contributed by atoms with Crippen LogP contribution in [0.25, 0.3) is 0 Å². The molecule has 20 heavy (non-hydrogen) atoms. The van der Waals surface area contributed by atoms with E-state index in [2.05, 4.69) is 5.32 Å². The van der Waals surface area contributed by atoms with Crippen LogP contribution < -0.4 is 11.1 Å². The summed E-state index contributed by atoms with van der Waals surface area (Å²) in [5.41, 5.74) is 6.96. The number of nitrogens with two attached hydrogens (primary N) is 1. The van der Waals surface area contributed by atoms with Gasteiger partial charge in [-0.2, -0.15) is 5.26 Å². The van der Waals surface area contributed by atoms with E-state index in [-0.39, 0.29) is 11.9 Å². The van der Waals surface area contributed by atoms with Crippen LogP contribution in [0.4, 0.5) is 0 Å². The zero-order valence-corrected chi connectivity index (χ0v) is 11.6. The van der Waals surface area contributed by atoms with Gasteiger partial charge in [0, 0.05) is 18.2 Å². The Morgan fingerprint density at radius 3 is 2.50 bits per heavy atom. The summed E-state index contributed by atoms with van der Waals surface area (Å²) in [5, 5.41) is 11.8. The molecule has 2 rings (SSSR count). The molecule has 0 heterocycles. The van der Waals surface area contributed by atoms with Crippen molar-refractivity contribution in [3.8, 4) is 6.07 Å². The van der Waals surface area contributed by atoms with Crippen molar-refractivity contribution in [3.05, 3.63) is 35.4 Å². The fraction of sp³-hybridized carbons (Fsp3) is 0.500. The van der Waals surface area contributed by atoms with E-state index in [0.717, 1.165) is 12.8 Å².